The number of aryl methyl sites for hydroxylation is 2. The van der Waals surface area contributed by atoms with Crippen molar-refractivity contribution in [3.05, 3.63) is 52.4 Å². The van der Waals surface area contributed by atoms with Gasteiger partial charge in [-0.2, -0.15) is 0 Å². The Balaban J connectivity index is 1.25. The minimum Gasteiger partial charge on any atom is -0.353 e. The Morgan fingerprint density at radius 3 is 2.20 bits per heavy atom. The van der Waals surface area contributed by atoms with Crippen molar-refractivity contribution in [3.63, 3.8) is 0 Å². The van der Waals surface area contributed by atoms with Gasteiger partial charge < -0.3 is 15.2 Å². The molecule has 2 bridgehead atoms. The van der Waals surface area contributed by atoms with Crippen molar-refractivity contribution in [1.29, 1.82) is 0 Å². The Morgan fingerprint density at radius 1 is 0.976 bits per heavy atom. The van der Waals surface area contributed by atoms with E-state index in [9.17, 15) is 9.59 Å². The first-order valence-corrected chi connectivity index (χ1v) is 16.0. The summed E-state index contributed by atoms with van der Waals surface area (Å²) >= 11 is 1.65. The molecule has 3 aliphatic heterocycles. The van der Waals surface area contributed by atoms with Crippen LogP contribution in [0.15, 0.2) is 30.8 Å². The lowest BCUT2D eigenvalue weighted by Gasteiger charge is -2.34. The third-order valence-electron chi connectivity index (χ3n) is 9.01. The van der Waals surface area contributed by atoms with Crippen LogP contribution in [0.5, 0.6) is 0 Å². The van der Waals surface area contributed by atoms with Crippen molar-refractivity contribution in [2.75, 3.05) is 32.7 Å². The van der Waals surface area contributed by atoms with Crippen molar-refractivity contribution in [1.82, 2.24) is 25.0 Å². The topological polar surface area (TPSA) is 71.7 Å². The molecule has 0 aliphatic carbocycles. The first kappa shape index (κ1) is 28.2. The maximum absolute atomic E-state index is 13.5. The predicted octanol–water partition coefficient (Wildman–Crippen LogP) is 5.32. The van der Waals surface area contributed by atoms with E-state index >= 15 is 0 Å². The highest BCUT2D eigenvalue weighted by molar-refractivity contribution is 7.20. The number of nitrogens with zero attached hydrogens (tertiary/aromatic N) is 3. The summed E-state index contributed by atoms with van der Waals surface area (Å²) in [5.74, 6) is 0.216. The van der Waals surface area contributed by atoms with Crippen LogP contribution in [0.1, 0.15) is 61.1 Å². The second kappa shape index (κ2) is 11.4. The fourth-order valence-electron chi connectivity index (χ4n) is 7.12. The molecule has 0 spiro atoms. The van der Waals surface area contributed by atoms with Gasteiger partial charge in [0.05, 0.1) is 12.2 Å². The standard InChI is InChI=1S/C33H43N5O2S/c1-20(2)34-30(39)19-37-12-10-36(11-13-37)18-28-27-17-29(23(5)33(40)38-25-6-7-26(38)9-8-25)41-32(27)35-31(28)24-15-21(3)14-22(4)16-24/h14-17,20,25-26,35H,5-13,18-19H2,1-4H3,(H,34,39). The van der Waals surface area contributed by atoms with Gasteiger partial charge in [-0.25, -0.2) is 0 Å². The van der Waals surface area contributed by atoms with Crippen LogP contribution in [-0.4, -0.2) is 82.3 Å². The Bertz CT molecular complexity index is 1440. The number of aromatic amines is 1. The Hall–Kier alpha value is -2.94. The van der Waals surface area contributed by atoms with E-state index in [1.54, 1.807) is 11.3 Å². The molecule has 0 atom stereocenters. The lowest BCUT2D eigenvalue weighted by Crippen LogP contribution is -2.49. The number of thiophene rings is 1. The number of carbonyl (C=O) groups excluding carboxylic acids is 2. The SMILES string of the molecule is C=C(C(=O)N1C2CCC1CC2)c1cc2c(CN3CCN(CC(=O)NC(C)C)CC3)c(-c3cc(C)cc(C)c3)[nH]c2s1. The molecule has 0 saturated carbocycles. The van der Waals surface area contributed by atoms with E-state index in [0.717, 1.165) is 73.8 Å². The molecule has 2 N–H and O–H groups in total. The van der Waals surface area contributed by atoms with E-state index < -0.39 is 0 Å². The van der Waals surface area contributed by atoms with Gasteiger partial charge in [0, 0.05) is 72.2 Å². The number of benzene rings is 1. The molecular formula is C33H43N5O2S. The molecule has 218 valence electrons. The molecule has 3 fully saturated rings. The zero-order valence-corrected chi connectivity index (χ0v) is 25.7. The first-order chi connectivity index (χ1) is 19.7. The largest absolute Gasteiger partial charge is 0.353 e. The first-order valence-electron chi connectivity index (χ1n) is 15.2. The van der Waals surface area contributed by atoms with Crippen LogP contribution in [0.3, 0.4) is 0 Å². The molecule has 41 heavy (non-hydrogen) atoms. The molecule has 1 aromatic carbocycles. The molecule has 3 saturated heterocycles. The van der Waals surface area contributed by atoms with E-state index in [0.29, 0.717) is 24.2 Å². The quantitative estimate of drug-likeness (QED) is 0.358. The average molecular weight is 574 g/mol. The molecule has 2 aromatic heterocycles. The van der Waals surface area contributed by atoms with Crippen molar-refractivity contribution in [2.24, 2.45) is 0 Å². The number of piperazine rings is 1. The van der Waals surface area contributed by atoms with Gasteiger partial charge in [-0.3, -0.25) is 19.4 Å². The zero-order valence-electron chi connectivity index (χ0n) is 24.9. The summed E-state index contributed by atoms with van der Waals surface area (Å²) < 4.78 is 0. The highest BCUT2D eigenvalue weighted by Crippen LogP contribution is 2.42. The third-order valence-corrected chi connectivity index (χ3v) is 10.1. The number of aromatic nitrogens is 1. The molecular weight excluding hydrogens is 530 g/mol. The minimum atomic E-state index is 0.0976. The fraction of sp³-hybridized carbons (Fsp3) is 0.515. The molecule has 2 amide bonds. The summed E-state index contributed by atoms with van der Waals surface area (Å²) in [6.07, 6.45) is 4.53. The minimum absolute atomic E-state index is 0.0976. The van der Waals surface area contributed by atoms with Crippen LogP contribution >= 0.6 is 11.3 Å². The van der Waals surface area contributed by atoms with Gasteiger partial charge in [0.2, 0.25) is 5.91 Å². The summed E-state index contributed by atoms with van der Waals surface area (Å²) in [5, 5.41) is 4.20. The van der Waals surface area contributed by atoms with Gasteiger partial charge in [-0.15, -0.1) is 11.3 Å². The Labute approximate surface area is 247 Å². The smallest absolute Gasteiger partial charge is 0.255 e. The van der Waals surface area contributed by atoms with Crippen molar-refractivity contribution >= 4 is 38.9 Å². The second-order valence-electron chi connectivity index (χ2n) is 12.6. The van der Waals surface area contributed by atoms with Crippen molar-refractivity contribution in [3.8, 4) is 11.3 Å². The van der Waals surface area contributed by atoms with Crippen LogP contribution in [0.25, 0.3) is 27.0 Å². The van der Waals surface area contributed by atoms with Gasteiger partial charge in [0.15, 0.2) is 0 Å². The van der Waals surface area contributed by atoms with E-state index in [4.69, 9.17) is 0 Å². The number of rotatable bonds is 8. The molecule has 7 nitrogen and oxygen atoms in total. The summed E-state index contributed by atoms with van der Waals surface area (Å²) in [5.41, 5.74) is 6.77. The van der Waals surface area contributed by atoms with Gasteiger partial charge in [0.1, 0.15) is 4.83 Å². The molecule has 5 heterocycles. The number of hydrogen-bond acceptors (Lipinski definition) is 5. The number of nitrogens with one attached hydrogen (secondary N) is 2. The van der Waals surface area contributed by atoms with Crippen LogP contribution in [0.4, 0.5) is 0 Å². The summed E-state index contributed by atoms with van der Waals surface area (Å²) in [6.45, 7) is 17.4. The normalized spacial score (nSPS) is 21.3. The number of carbonyl (C=O) groups is 2. The summed E-state index contributed by atoms with van der Waals surface area (Å²) in [7, 11) is 0. The van der Waals surface area contributed by atoms with E-state index in [-0.39, 0.29) is 17.9 Å². The molecule has 8 heteroatoms. The number of H-pyrrole nitrogens is 1. The van der Waals surface area contributed by atoms with E-state index in [1.165, 1.54) is 27.6 Å². The molecule has 6 rings (SSSR count). The van der Waals surface area contributed by atoms with Gasteiger partial charge in [-0.05, 0) is 77.1 Å². The van der Waals surface area contributed by atoms with Gasteiger partial charge >= 0.3 is 0 Å². The number of amides is 2. The fourth-order valence-corrected chi connectivity index (χ4v) is 8.17. The van der Waals surface area contributed by atoms with Gasteiger partial charge in [0.25, 0.3) is 5.91 Å². The van der Waals surface area contributed by atoms with E-state index in [1.807, 2.05) is 13.8 Å². The molecule has 3 aliphatic rings. The maximum Gasteiger partial charge on any atom is 0.255 e. The predicted molar refractivity (Wildman–Crippen MR) is 168 cm³/mol. The second-order valence-corrected chi connectivity index (χ2v) is 13.7. The summed E-state index contributed by atoms with van der Waals surface area (Å²) in [4.78, 5) is 38.5. The molecule has 0 radical (unpaired) electrons. The third kappa shape index (κ3) is 5.74. The maximum atomic E-state index is 13.5. The van der Waals surface area contributed by atoms with Crippen molar-refractivity contribution in [2.45, 2.75) is 78.0 Å². The Kier molecular flexibility index (Phi) is 7.83. The zero-order chi connectivity index (χ0) is 28.8. The van der Waals surface area contributed by atoms with Crippen LogP contribution in [0, 0.1) is 13.8 Å². The van der Waals surface area contributed by atoms with Crippen molar-refractivity contribution < 1.29 is 9.59 Å². The highest BCUT2D eigenvalue weighted by Gasteiger charge is 2.43. The summed E-state index contributed by atoms with van der Waals surface area (Å²) in [6, 6.07) is 9.88. The van der Waals surface area contributed by atoms with Crippen LogP contribution in [0.2, 0.25) is 0 Å². The molecule has 3 aromatic rings. The lowest BCUT2D eigenvalue weighted by molar-refractivity contribution is -0.126. The van der Waals surface area contributed by atoms with Gasteiger partial charge in [-0.1, -0.05) is 23.8 Å². The number of hydrogen-bond donors (Lipinski definition) is 2. The van der Waals surface area contributed by atoms with Crippen LogP contribution in [-0.2, 0) is 16.1 Å². The number of fused-ring (bicyclic) bond motifs is 3. The van der Waals surface area contributed by atoms with E-state index in [2.05, 4.69) is 69.7 Å². The lowest BCUT2D eigenvalue weighted by atomic mass is 10.0. The average Bonchev–Trinajstić information content (AvgIpc) is 3.69. The highest BCUT2D eigenvalue weighted by atomic mass is 32.1. The monoisotopic (exact) mass is 573 g/mol. The van der Waals surface area contributed by atoms with Crippen LogP contribution < -0.4 is 5.32 Å². The molecule has 0 unspecified atom stereocenters. The Morgan fingerprint density at radius 2 is 1.59 bits per heavy atom.